The van der Waals surface area contributed by atoms with Crippen LogP contribution < -0.4 is 39.3 Å². The number of benzene rings is 2. The Morgan fingerprint density at radius 3 is 2.05 bits per heavy atom. The fourth-order valence-corrected chi connectivity index (χ4v) is 4.51. The molecule has 2 atom stereocenters. The molecule has 12 nitrogen and oxygen atoms in total. The minimum atomic E-state index is -4.49. The number of nitrogens with two attached hydrogens (primary N) is 5. The zero-order valence-corrected chi connectivity index (χ0v) is 24.9. The molecule has 44 heavy (non-hydrogen) atoms. The molecular formula is C29H44F3N10O2+. The number of hydrogen-bond donors (Lipinski definition) is 7. The third-order valence-corrected chi connectivity index (χ3v) is 7.07. The van der Waals surface area contributed by atoms with Gasteiger partial charge in [-0.15, -0.1) is 0 Å². The smallest absolute Gasteiger partial charge is 0.370 e. The first-order valence-electron chi connectivity index (χ1n) is 14.2. The second-order valence-electron chi connectivity index (χ2n) is 10.8. The number of rotatable bonds is 17. The summed E-state index contributed by atoms with van der Waals surface area (Å²) in [5.74, 6) is -1.08. The quantitative estimate of drug-likeness (QED) is 0.0768. The molecule has 2 amide bonds. The van der Waals surface area contributed by atoms with Crippen LogP contribution in [0.25, 0.3) is 0 Å². The van der Waals surface area contributed by atoms with Gasteiger partial charge in [0.15, 0.2) is 11.9 Å². The summed E-state index contributed by atoms with van der Waals surface area (Å²) >= 11 is 0. The van der Waals surface area contributed by atoms with Crippen molar-refractivity contribution in [3.8, 4) is 0 Å². The minimum Gasteiger partial charge on any atom is -0.370 e. The lowest BCUT2D eigenvalue weighted by atomic mass is 10.0. The van der Waals surface area contributed by atoms with Crippen LogP contribution in [0.5, 0.6) is 0 Å². The predicted molar refractivity (Wildman–Crippen MR) is 166 cm³/mol. The fraction of sp³-hybridized carbons (Fsp3) is 0.448. The van der Waals surface area contributed by atoms with E-state index in [0.717, 1.165) is 12.1 Å². The number of alkyl halides is 3. The van der Waals surface area contributed by atoms with E-state index in [1.807, 2.05) is 7.05 Å². The molecule has 0 aliphatic rings. The summed E-state index contributed by atoms with van der Waals surface area (Å²) in [5.41, 5.74) is 28.1. The number of carbonyl (C=O) groups excluding carboxylic acids is 2. The van der Waals surface area contributed by atoms with E-state index in [1.54, 1.807) is 36.4 Å². The number of likely N-dealkylation sites (N-methyl/N-ethyl adjacent to an activating group) is 1. The van der Waals surface area contributed by atoms with Crippen LogP contribution in [-0.4, -0.2) is 80.1 Å². The Hall–Kier alpha value is -4.37. The average molecular weight is 622 g/mol. The third kappa shape index (κ3) is 13.3. The maximum atomic E-state index is 13.2. The van der Waals surface area contributed by atoms with Crippen molar-refractivity contribution in [3.05, 3.63) is 65.7 Å². The Morgan fingerprint density at radius 1 is 0.864 bits per heavy atom. The Bertz CT molecular complexity index is 1240. The second kappa shape index (κ2) is 17.1. The molecule has 0 radical (unpaired) electrons. The molecular weight excluding hydrogens is 577 g/mol. The van der Waals surface area contributed by atoms with Gasteiger partial charge in [-0.25, -0.2) is 9.98 Å². The van der Waals surface area contributed by atoms with Crippen LogP contribution in [0.1, 0.15) is 30.4 Å². The van der Waals surface area contributed by atoms with Crippen LogP contribution in [0, 0.1) is 0 Å². The van der Waals surface area contributed by atoms with E-state index in [2.05, 4.69) is 20.6 Å². The zero-order valence-electron chi connectivity index (χ0n) is 24.9. The van der Waals surface area contributed by atoms with E-state index in [9.17, 15) is 22.8 Å². The standard InChI is InChI=1S/C29H43F3N10O2/c1-42(17-14-38-27(34)35,18-15-39-28(36)37)16-6-11-23(33)25(43)41-24(26(44)40-22-9-3-2-4-10-22)13-12-20-7-5-8-21(19-20)29(30,31)32/h2-5,7-10,19,23-24H,6,11-18,33H2,1H3,(H9-,34,35,36,37,38,39,40,41,43,44)/p+1/t23-,24-/m0/s1. The predicted octanol–water partition coefficient (Wildman–Crippen LogP) is 0.862. The largest absolute Gasteiger partial charge is 0.416 e. The molecule has 0 saturated carbocycles. The van der Waals surface area contributed by atoms with Crippen LogP contribution >= 0.6 is 0 Å². The lowest BCUT2D eigenvalue weighted by Gasteiger charge is -2.34. The first-order chi connectivity index (χ1) is 20.7. The number of anilines is 1. The lowest BCUT2D eigenvalue weighted by molar-refractivity contribution is -0.907. The highest BCUT2D eigenvalue weighted by Gasteiger charge is 2.31. The van der Waals surface area contributed by atoms with Crippen molar-refractivity contribution in [2.24, 2.45) is 38.7 Å². The maximum absolute atomic E-state index is 13.2. The summed E-state index contributed by atoms with van der Waals surface area (Å²) in [6.45, 7) is 2.58. The monoisotopic (exact) mass is 621 g/mol. The maximum Gasteiger partial charge on any atom is 0.416 e. The second-order valence-corrected chi connectivity index (χ2v) is 10.8. The first-order valence-corrected chi connectivity index (χ1v) is 14.2. The van der Waals surface area contributed by atoms with Crippen LogP contribution in [0.2, 0.25) is 0 Å². The summed E-state index contributed by atoms with van der Waals surface area (Å²) in [6.07, 6.45) is -3.45. The number of hydrogen-bond acceptors (Lipinski definition) is 5. The number of guanidine groups is 2. The van der Waals surface area contributed by atoms with Crippen LogP contribution in [0.3, 0.4) is 0 Å². The molecule has 0 aliphatic carbocycles. The van der Waals surface area contributed by atoms with E-state index in [0.29, 0.717) is 61.3 Å². The molecule has 2 aromatic rings. The van der Waals surface area contributed by atoms with Gasteiger partial charge >= 0.3 is 6.18 Å². The Balaban J connectivity index is 2.06. The molecule has 15 heteroatoms. The zero-order chi connectivity index (χ0) is 32.8. The number of aryl methyl sites for hydroxylation is 1. The van der Waals surface area contributed by atoms with Gasteiger partial charge < -0.3 is 43.8 Å². The van der Waals surface area contributed by atoms with E-state index in [1.165, 1.54) is 6.07 Å². The Labute approximate surface area is 255 Å². The van der Waals surface area contributed by atoms with Crippen LogP contribution in [0.4, 0.5) is 18.9 Å². The van der Waals surface area contributed by atoms with Crippen molar-refractivity contribution in [3.63, 3.8) is 0 Å². The van der Waals surface area contributed by atoms with Crippen LogP contribution in [0.15, 0.2) is 64.6 Å². The Morgan fingerprint density at radius 2 is 1.48 bits per heavy atom. The lowest BCUT2D eigenvalue weighted by Crippen LogP contribution is -2.51. The molecule has 12 N–H and O–H groups in total. The number of quaternary nitrogens is 1. The van der Waals surface area contributed by atoms with Gasteiger partial charge in [0.05, 0.1) is 51.4 Å². The molecule has 0 unspecified atom stereocenters. The number of para-hydroxylation sites is 1. The van der Waals surface area contributed by atoms with Gasteiger partial charge in [0.1, 0.15) is 6.04 Å². The number of nitrogens with zero attached hydrogens (tertiary/aromatic N) is 3. The van der Waals surface area contributed by atoms with Crippen molar-refractivity contribution in [1.29, 1.82) is 0 Å². The van der Waals surface area contributed by atoms with Gasteiger partial charge in [-0.05, 0) is 49.4 Å². The molecule has 0 heterocycles. The normalized spacial score (nSPS) is 12.9. The highest BCUT2D eigenvalue weighted by Crippen LogP contribution is 2.29. The highest BCUT2D eigenvalue weighted by molar-refractivity contribution is 5.97. The summed E-state index contributed by atoms with van der Waals surface area (Å²) in [6, 6.07) is 11.5. The Kier molecular flexibility index (Phi) is 13.9. The summed E-state index contributed by atoms with van der Waals surface area (Å²) in [4.78, 5) is 34.3. The van der Waals surface area contributed by atoms with Crippen LogP contribution in [-0.2, 0) is 22.2 Å². The van der Waals surface area contributed by atoms with Crippen molar-refractivity contribution in [2.75, 3.05) is 45.1 Å². The molecule has 242 valence electrons. The SMILES string of the molecule is C[N+](CCC[C@H](N)C(=O)N[C@@H](CCc1cccc(C(F)(F)F)c1)C(=O)Nc1ccccc1)(CCN=C(N)N)CCN=C(N)N. The molecule has 0 aliphatic heterocycles. The summed E-state index contributed by atoms with van der Waals surface area (Å²) in [7, 11) is 1.99. The van der Waals surface area contributed by atoms with Crippen molar-refractivity contribution in [2.45, 2.75) is 43.9 Å². The van der Waals surface area contributed by atoms with E-state index >= 15 is 0 Å². The topological polar surface area (TPSA) is 213 Å². The van der Waals surface area contributed by atoms with Gasteiger partial charge in [0.2, 0.25) is 11.8 Å². The molecule has 0 spiro atoms. The van der Waals surface area contributed by atoms with Gasteiger partial charge in [-0.3, -0.25) is 9.59 Å². The highest BCUT2D eigenvalue weighted by atomic mass is 19.4. The van der Waals surface area contributed by atoms with Gasteiger partial charge in [-0.1, -0.05) is 36.4 Å². The molecule has 2 aromatic carbocycles. The summed E-state index contributed by atoms with van der Waals surface area (Å²) < 4.78 is 40.1. The third-order valence-electron chi connectivity index (χ3n) is 7.07. The number of aliphatic imine (C=N–C) groups is 2. The number of amides is 2. The number of halogens is 3. The van der Waals surface area contributed by atoms with Gasteiger partial charge in [-0.2, -0.15) is 13.2 Å². The number of carbonyl (C=O) groups is 2. The summed E-state index contributed by atoms with van der Waals surface area (Å²) in [5, 5.41) is 5.44. The average Bonchev–Trinajstić information content (AvgIpc) is 2.94. The molecule has 0 aromatic heterocycles. The van der Waals surface area contributed by atoms with Gasteiger partial charge in [0, 0.05) is 5.69 Å². The molecule has 0 saturated heterocycles. The first kappa shape index (κ1) is 35.8. The molecule has 0 bridgehead atoms. The molecule has 0 fully saturated rings. The fourth-order valence-electron chi connectivity index (χ4n) is 4.51. The van der Waals surface area contributed by atoms with Gasteiger partial charge in [0.25, 0.3) is 0 Å². The van der Waals surface area contributed by atoms with Crippen molar-refractivity contribution in [1.82, 2.24) is 5.32 Å². The van der Waals surface area contributed by atoms with Crippen molar-refractivity contribution >= 4 is 29.4 Å². The molecule has 2 rings (SSSR count). The van der Waals surface area contributed by atoms with E-state index < -0.39 is 35.6 Å². The minimum absolute atomic E-state index is 0.0154. The van der Waals surface area contributed by atoms with E-state index in [4.69, 9.17) is 28.7 Å². The van der Waals surface area contributed by atoms with E-state index in [-0.39, 0.29) is 24.8 Å². The van der Waals surface area contributed by atoms with Crippen molar-refractivity contribution < 1.29 is 27.2 Å². The number of nitrogens with one attached hydrogen (secondary N) is 2.